The summed E-state index contributed by atoms with van der Waals surface area (Å²) in [7, 11) is 0. The summed E-state index contributed by atoms with van der Waals surface area (Å²) in [5.41, 5.74) is 2.76. The molecule has 2 heterocycles. The van der Waals surface area contributed by atoms with Crippen molar-refractivity contribution in [1.82, 2.24) is 20.9 Å². The van der Waals surface area contributed by atoms with Crippen molar-refractivity contribution in [3.8, 4) is 0 Å². The number of urea groups is 1. The van der Waals surface area contributed by atoms with Crippen LogP contribution in [-0.2, 0) is 29.2 Å². The highest BCUT2D eigenvalue weighted by Crippen LogP contribution is 2.37. The molecular weight excluding hydrogens is 392 g/mol. The third kappa shape index (κ3) is 4.26. The van der Waals surface area contributed by atoms with Crippen molar-refractivity contribution in [2.75, 3.05) is 6.54 Å². The van der Waals surface area contributed by atoms with Gasteiger partial charge in [0.15, 0.2) is 0 Å². The molecule has 3 N–H and O–H groups in total. The first-order chi connectivity index (χ1) is 13.5. The number of carbonyl (C=O) groups excluding carboxylic acids is 3. The Kier molecular flexibility index (Phi) is 6.49. The smallest absolute Gasteiger partial charge is 0.325 e. The lowest BCUT2D eigenvalue weighted by atomic mass is 9.75. The summed E-state index contributed by atoms with van der Waals surface area (Å²) in [5, 5.41) is 9.00. The molecule has 1 spiro atoms. The molecule has 2 aliphatic heterocycles. The van der Waals surface area contributed by atoms with E-state index in [4.69, 9.17) is 0 Å². The Labute approximate surface area is 177 Å². The highest BCUT2D eigenvalue weighted by Gasteiger charge is 2.52. The van der Waals surface area contributed by atoms with Crippen LogP contribution in [0.15, 0.2) is 18.2 Å². The Bertz CT molecular complexity index is 805. The van der Waals surface area contributed by atoms with Crippen LogP contribution in [-0.4, -0.2) is 34.8 Å². The summed E-state index contributed by atoms with van der Waals surface area (Å²) in [5.74, 6) is 0.0578. The standard InChI is InChI=1S/C21H28N4O3.ClH/c1-2-14-5-7-21(8-6-14)19(27)25(20(28)24-21)13-18(26)23-10-15-3-4-16-11-22-12-17(16)9-15;/h3-4,9,14,22H,2,5-8,10-13H2,1H3,(H,23,26)(H,24,28);1H. The number of amides is 4. The molecule has 0 aromatic heterocycles. The van der Waals surface area contributed by atoms with Crippen molar-refractivity contribution in [3.05, 3.63) is 34.9 Å². The lowest BCUT2D eigenvalue weighted by molar-refractivity contribution is -0.136. The summed E-state index contributed by atoms with van der Waals surface area (Å²) in [6.07, 6.45) is 4.31. The number of imide groups is 1. The maximum absolute atomic E-state index is 12.9. The average Bonchev–Trinajstić information content (AvgIpc) is 3.25. The summed E-state index contributed by atoms with van der Waals surface area (Å²) < 4.78 is 0. The topological polar surface area (TPSA) is 90.5 Å². The minimum Gasteiger partial charge on any atom is -0.350 e. The Morgan fingerprint density at radius 1 is 1.21 bits per heavy atom. The highest BCUT2D eigenvalue weighted by atomic mass is 35.5. The number of nitrogens with one attached hydrogen (secondary N) is 3. The lowest BCUT2D eigenvalue weighted by Crippen LogP contribution is -2.50. The number of benzene rings is 1. The summed E-state index contributed by atoms with van der Waals surface area (Å²) in [4.78, 5) is 38.7. The molecule has 1 aromatic carbocycles. The van der Waals surface area contributed by atoms with Gasteiger partial charge in [-0.25, -0.2) is 4.79 Å². The highest BCUT2D eigenvalue weighted by molar-refractivity contribution is 6.09. The van der Waals surface area contributed by atoms with Crippen LogP contribution in [0.5, 0.6) is 0 Å². The van der Waals surface area contributed by atoms with Crippen molar-refractivity contribution in [2.45, 2.75) is 64.2 Å². The van der Waals surface area contributed by atoms with Gasteiger partial charge < -0.3 is 16.0 Å². The van der Waals surface area contributed by atoms with Crippen LogP contribution in [0.2, 0.25) is 0 Å². The SMILES string of the molecule is CCC1CCC2(CC1)NC(=O)N(CC(=O)NCc1ccc3c(c1)CNC3)C2=O.Cl. The zero-order valence-corrected chi connectivity index (χ0v) is 17.6. The molecule has 1 saturated heterocycles. The zero-order valence-electron chi connectivity index (χ0n) is 16.8. The minimum atomic E-state index is -0.796. The van der Waals surface area contributed by atoms with Gasteiger partial charge in [0.1, 0.15) is 12.1 Å². The van der Waals surface area contributed by atoms with Gasteiger partial charge in [0, 0.05) is 19.6 Å². The average molecular weight is 421 g/mol. The van der Waals surface area contributed by atoms with E-state index in [1.54, 1.807) is 0 Å². The second-order valence-electron chi connectivity index (χ2n) is 8.24. The minimum absolute atomic E-state index is 0. The molecule has 1 aromatic rings. The fourth-order valence-electron chi connectivity index (χ4n) is 4.60. The van der Waals surface area contributed by atoms with Crippen molar-refractivity contribution in [1.29, 1.82) is 0 Å². The summed E-state index contributed by atoms with van der Waals surface area (Å²) in [6.45, 7) is 4.05. The Hall–Kier alpha value is -2.12. The third-order valence-electron chi connectivity index (χ3n) is 6.47. The molecule has 0 radical (unpaired) electrons. The molecule has 158 valence electrons. The van der Waals surface area contributed by atoms with Crippen molar-refractivity contribution >= 4 is 30.3 Å². The van der Waals surface area contributed by atoms with Crippen LogP contribution in [0.1, 0.15) is 55.7 Å². The number of carbonyl (C=O) groups is 3. The Morgan fingerprint density at radius 3 is 2.66 bits per heavy atom. The molecule has 7 nitrogen and oxygen atoms in total. The fraction of sp³-hybridized carbons (Fsp3) is 0.571. The largest absolute Gasteiger partial charge is 0.350 e. The number of halogens is 1. The van der Waals surface area contributed by atoms with Crippen LogP contribution in [0, 0.1) is 5.92 Å². The van der Waals surface area contributed by atoms with Crippen molar-refractivity contribution in [3.63, 3.8) is 0 Å². The van der Waals surface area contributed by atoms with Crippen LogP contribution in [0.4, 0.5) is 4.79 Å². The normalized spacial score (nSPS) is 25.6. The lowest BCUT2D eigenvalue weighted by Gasteiger charge is -2.34. The van der Waals surface area contributed by atoms with E-state index in [2.05, 4.69) is 35.0 Å². The fourth-order valence-corrected chi connectivity index (χ4v) is 4.60. The maximum atomic E-state index is 12.9. The summed E-state index contributed by atoms with van der Waals surface area (Å²) in [6, 6.07) is 5.72. The van der Waals surface area contributed by atoms with Crippen LogP contribution < -0.4 is 16.0 Å². The van der Waals surface area contributed by atoms with E-state index < -0.39 is 11.6 Å². The Morgan fingerprint density at radius 2 is 1.93 bits per heavy atom. The zero-order chi connectivity index (χ0) is 19.7. The number of fused-ring (bicyclic) bond motifs is 1. The van der Waals surface area contributed by atoms with Gasteiger partial charge in [-0.15, -0.1) is 12.4 Å². The molecule has 2 fully saturated rings. The van der Waals surface area contributed by atoms with E-state index in [1.807, 2.05) is 6.07 Å². The van der Waals surface area contributed by atoms with Gasteiger partial charge in [-0.05, 0) is 48.3 Å². The molecule has 0 unspecified atom stereocenters. The van der Waals surface area contributed by atoms with E-state index >= 15 is 0 Å². The van der Waals surface area contributed by atoms with E-state index in [9.17, 15) is 14.4 Å². The first-order valence-electron chi connectivity index (χ1n) is 10.2. The number of hydrogen-bond acceptors (Lipinski definition) is 4. The molecule has 1 aliphatic carbocycles. The van der Waals surface area contributed by atoms with E-state index in [0.717, 1.165) is 42.8 Å². The van der Waals surface area contributed by atoms with Gasteiger partial charge in [0.25, 0.3) is 5.91 Å². The van der Waals surface area contributed by atoms with Crippen LogP contribution >= 0.6 is 12.4 Å². The van der Waals surface area contributed by atoms with Crippen LogP contribution in [0.25, 0.3) is 0 Å². The Balaban J connectivity index is 0.00000240. The van der Waals surface area contributed by atoms with E-state index in [-0.39, 0.29) is 30.8 Å². The second-order valence-corrected chi connectivity index (χ2v) is 8.24. The molecule has 0 bridgehead atoms. The number of rotatable bonds is 5. The molecule has 29 heavy (non-hydrogen) atoms. The van der Waals surface area contributed by atoms with Crippen molar-refractivity contribution in [2.24, 2.45) is 5.92 Å². The number of hydrogen-bond donors (Lipinski definition) is 3. The molecule has 8 heteroatoms. The predicted molar refractivity (Wildman–Crippen MR) is 111 cm³/mol. The maximum Gasteiger partial charge on any atom is 0.325 e. The molecule has 4 amide bonds. The first-order valence-corrected chi connectivity index (χ1v) is 10.2. The van der Waals surface area contributed by atoms with Gasteiger partial charge >= 0.3 is 6.03 Å². The summed E-state index contributed by atoms with van der Waals surface area (Å²) >= 11 is 0. The first kappa shape index (κ1) is 21.6. The molecular formula is C21H29ClN4O3. The van der Waals surface area contributed by atoms with Gasteiger partial charge in [-0.2, -0.15) is 0 Å². The van der Waals surface area contributed by atoms with E-state index in [0.29, 0.717) is 25.3 Å². The van der Waals surface area contributed by atoms with Gasteiger partial charge in [-0.3, -0.25) is 14.5 Å². The second kappa shape index (κ2) is 8.71. The van der Waals surface area contributed by atoms with E-state index in [1.165, 1.54) is 11.1 Å². The van der Waals surface area contributed by atoms with Gasteiger partial charge in [-0.1, -0.05) is 31.5 Å². The molecule has 1 saturated carbocycles. The van der Waals surface area contributed by atoms with Crippen molar-refractivity contribution < 1.29 is 14.4 Å². The molecule has 4 rings (SSSR count). The quantitative estimate of drug-likeness (QED) is 0.637. The monoisotopic (exact) mass is 420 g/mol. The van der Waals surface area contributed by atoms with Gasteiger partial charge in [0.05, 0.1) is 0 Å². The predicted octanol–water partition coefficient (Wildman–Crippen LogP) is 2.22. The molecule has 0 atom stereocenters. The molecule has 3 aliphatic rings. The number of nitrogens with zero attached hydrogens (tertiary/aromatic N) is 1. The van der Waals surface area contributed by atoms with Gasteiger partial charge in [0.2, 0.25) is 5.91 Å². The third-order valence-corrected chi connectivity index (χ3v) is 6.47. The van der Waals surface area contributed by atoms with Crippen LogP contribution in [0.3, 0.4) is 0 Å².